The number of anilines is 1. The first-order valence-electron chi connectivity index (χ1n) is 7.92. The van der Waals surface area contributed by atoms with Crippen molar-refractivity contribution >= 4 is 36.4 Å². The largest absolute Gasteiger partial charge is 0.619 e. The van der Waals surface area contributed by atoms with Crippen molar-refractivity contribution in [2.75, 3.05) is 5.32 Å². The topological polar surface area (TPSA) is 69.2 Å². The summed E-state index contributed by atoms with van der Waals surface area (Å²) in [5.41, 5.74) is 3.56. The molecule has 0 bridgehead atoms. The van der Waals surface area contributed by atoms with E-state index < -0.39 is 0 Å². The smallest absolute Gasteiger partial charge is 0.185 e. The Morgan fingerprint density at radius 1 is 1.23 bits per heavy atom. The number of pyridine rings is 1. The minimum Gasteiger partial charge on any atom is -0.619 e. The van der Waals surface area contributed by atoms with Crippen molar-refractivity contribution < 1.29 is 4.73 Å². The van der Waals surface area contributed by atoms with Crippen molar-refractivity contribution in [3.63, 3.8) is 0 Å². The molecule has 26 heavy (non-hydrogen) atoms. The van der Waals surface area contributed by atoms with Gasteiger partial charge in [0.05, 0.1) is 5.69 Å². The number of hydrogen-bond donors (Lipinski definition) is 1. The van der Waals surface area contributed by atoms with Crippen LogP contribution in [0.15, 0.2) is 61.1 Å². The predicted octanol–water partition coefficient (Wildman–Crippen LogP) is 2.09. The molecule has 8 heteroatoms. The molecule has 1 N–H and O–H groups in total. The lowest BCUT2D eigenvalue weighted by molar-refractivity contribution is -0.605. The lowest BCUT2D eigenvalue weighted by Crippen LogP contribution is -2.25. The summed E-state index contributed by atoms with van der Waals surface area (Å²) < 4.78 is 2.41. The van der Waals surface area contributed by atoms with E-state index in [2.05, 4.69) is 15.4 Å². The van der Waals surface area contributed by atoms with E-state index in [1.807, 2.05) is 36.4 Å². The van der Waals surface area contributed by atoms with E-state index in [0.29, 0.717) is 22.7 Å². The van der Waals surface area contributed by atoms with Gasteiger partial charge >= 0.3 is 0 Å². The van der Waals surface area contributed by atoms with Crippen LogP contribution in [0, 0.1) is 5.21 Å². The first-order valence-corrected chi connectivity index (χ1v) is 8.30. The molecule has 6 nitrogen and oxygen atoms in total. The summed E-state index contributed by atoms with van der Waals surface area (Å²) in [5.74, 6) is 0.720. The molecule has 0 saturated carbocycles. The number of nitrogens with zero attached hydrogens (tertiary/aromatic N) is 4. The number of halogens is 1. The average Bonchev–Trinajstić information content (AvgIpc) is 3.02. The molecular weight excluding hydrogens is 348 g/mol. The second-order valence-corrected chi connectivity index (χ2v) is 6.23. The van der Waals surface area contributed by atoms with E-state index in [1.165, 1.54) is 12.4 Å². The zero-order valence-corrected chi connectivity index (χ0v) is 14.4. The Bertz CT molecular complexity index is 1080. The summed E-state index contributed by atoms with van der Waals surface area (Å²) in [4.78, 5) is 4.60. The van der Waals surface area contributed by atoms with Crippen LogP contribution < -0.4 is 15.5 Å². The molecule has 4 rings (SSSR count). The maximum Gasteiger partial charge on any atom is 0.185 e. The third-order valence-electron chi connectivity index (χ3n) is 3.95. The van der Waals surface area contributed by atoms with Crippen LogP contribution in [0.25, 0.3) is 16.9 Å². The van der Waals surface area contributed by atoms with Crippen LogP contribution in [-0.2, 0) is 6.54 Å². The van der Waals surface area contributed by atoms with Crippen LogP contribution in [0.5, 0.6) is 0 Å². The van der Waals surface area contributed by atoms with Crippen LogP contribution in [-0.4, -0.2) is 22.4 Å². The highest BCUT2D eigenvalue weighted by atomic mass is 35.5. The molecule has 0 amide bonds. The van der Waals surface area contributed by atoms with E-state index in [-0.39, 0.29) is 0 Å². The first kappa shape index (κ1) is 16.4. The Morgan fingerprint density at radius 2 is 2.04 bits per heavy atom. The summed E-state index contributed by atoms with van der Waals surface area (Å²) >= 11 is 5.97. The number of rotatable bonds is 4. The van der Waals surface area contributed by atoms with E-state index in [0.717, 1.165) is 27.4 Å². The summed E-state index contributed by atoms with van der Waals surface area (Å²) in [7, 11) is 6.00. The third kappa shape index (κ3) is 3.21. The fourth-order valence-corrected chi connectivity index (χ4v) is 2.80. The minimum absolute atomic E-state index is 0.460. The summed E-state index contributed by atoms with van der Waals surface area (Å²) in [6.07, 6.45) is 4.52. The zero-order chi connectivity index (χ0) is 18.1. The molecule has 0 fully saturated rings. The molecule has 2 radical (unpaired) electrons. The van der Waals surface area contributed by atoms with Gasteiger partial charge in [0.2, 0.25) is 0 Å². The maximum atomic E-state index is 11.4. The SMILES string of the molecule is [B]c1cnn2c(NCc3ccc[n+]([O-])c3)cc(-c3ccc(Cl)cc3)nc12. The van der Waals surface area contributed by atoms with Crippen molar-refractivity contribution in [3.05, 3.63) is 76.8 Å². The van der Waals surface area contributed by atoms with Gasteiger partial charge in [-0.3, -0.25) is 0 Å². The van der Waals surface area contributed by atoms with Crippen LogP contribution >= 0.6 is 11.6 Å². The van der Waals surface area contributed by atoms with Crippen LogP contribution in [0.4, 0.5) is 5.82 Å². The van der Waals surface area contributed by atoms with Gasteiger partial charge in [-0.15, -0.1) is 0 Å². The lowest BCUT2D eigenvalue weighted by atomic mass is 10.0. The maximum absolute atomic E-state index is 11.4. The molecule has 1 aromatic carbocycles. The van der Waals surface area contributed by atoms with E-state index in [4.69, 9.17) is 19.4 Å². The van der Waals surface area contributed by atoms with Crippen molar-refractivity contribution in [1.82, 2.24) is 14.6 Å². The van der Waals surface area contributed by atoms with Gasteiger partial charge in [-0.05, 0) is 23.7 Å². The van der Waals surface area contributed by atoms with E-state index >= 15 is 0 Å². The van der Waals surface area contributed by atoms with Crippen molar-refractivity contribution in [2.24, 2.45) is 0 Å². The van der Waals surface area contributed by atoms with Gasteiger partial charge in [-0.2, -0.15) is 14.3 Å². The Labute approximate surface area is 156 Å². The van der Waals surface area contributed by atoms with Crippen molar-refractivity contribution in [2.45, 2.75) is 6.54 Å². The quantitative estimate of drug-likeness (QED) is 0.343. The molecule has 0 aliphatic carbocycles. The standard InChI is InChI=1S/C18H13BClN5O/c19-15-10-22-25-17(21-9-12-2-1-7-24(26)11-12)8-16(23-18(15)25)13-3-5-14(20)6-4-13/h1-8,10-11,21H,9H2. The van der Waals surface area contributed by atoms with Gasteiger partial charge in [0, 0.05) is 41.0 Å². The molecule has 0 aliphatic rings. The Kier molecular flexibility index (Phi) is 4.22. The molecule has 3 aromatic heterocycles. The summed E-state index contributed by atoms with van der Waals surface area (Å²) in [5, 5.41) is 19.6. The Balaban J connectivity index is 1.74. The van der Waals surface area contributed by atoms with Crippen LogP contribution in [0.3, 0.4) is 0 Å². The van der Waals surface area contributed by atoms with Crippen LogP contribution in [0.2, 0.25) is 5.02 Å². The Morgan fingerprint density at radius 3 is 2.81 bits per heavy atom. The number of aromatic nitrogens is 4. The predicted molar refractivity (Wildman–Crippen MR) is 102 cm³/mol. The second kappa shape index (κ2) is 6.69. The van der Waals surface area contributed by atoms with Gasteiger partial charge in [-0.25, -0.2) is 4.98 Å². The van der Waals surface area contributed by atoms with Crippen molar-refractivity contribution in [3.8, 4) is 11.3 Å². The van der Waals surface area contributed by atoms with Gasteiger partial charge < -0.3 is 10.5 Å². The molecule has 0 atom stereocenters. The zero-order valence-electron chi connectivity index (χ0n) is 13.6. The monoisotopic (exact) mass is 361 g/mol. The molecule has 126 valence electrons. The summed E-state index contributed by atoms with van der Waals surface area (Å²) in [6.45, 7) is 0.460. The van der Waals surface area contributed by atoms with E-state index in [1.54, 1.807) is 16.8 Å². The molecule has 3 heterocycles. The number of fused-ring (bicyclic) bond motifs is 1. The highest BCUT2D eigenvalue weighted by molar-refractivity contribution is 6.36. The fraction of sp³-hybridized carbons (Fsp3) is 0.0556. The lowest BCUT2D eigenvalue weighted by Gasteiger charge is -2.11. The van der Waals surface area contributed by atoms with Gasteiger partial charge in [-0.1, -0.05) is 23.7 Å². The minimum atomic E-state index is 0.460. The Hall–Kier alpha value is -3.06. The molecule has 0 unspecified atom stereocenters. The third-order valence-corrected chi connectivity index (χ3v) is 4.20. The van der Waals surface area contributed by atoms with Crippen molar-refractivity contribution in [1.29, 1.82) is 0 Å². The molecule has 4 aromatic rings. The second-order valence-electron chi connectivity index (χ2n) is 5.79. The van der Waals surface area contributed by atoms with E-state index in [9.17, 15) is 5.21 Å². The van der Waals surface area contributed by atoms with Gasteiger partial charge in [0.25, 0.3) is 0 Å². The first-order chi connectivity index (χ1) is 12.6. The number of hydrogen-bond acceptors (Lipinski definition) is 4. The highest BCUT2D eigenvalue weighted by Crippen LogP contribution is 2.23. The highest BCUT2D eigenvalue weighted by Gasteiger charge is 2.11. The summed E-state index contributed by atoms with van der Waals surface area (Å²) in [6, 6.07) is 12.9. The molecule has 0 aliphatic heterocycles. The fourth-order valence-electron chi connectivity index (χ4n) is 2.67. The number of nitrogens with one attached hydrogen (secondary N) is 1. The van der Waals surface area contributed by atoms with Gasteiger partial charge in [0.15, 0.2) is 18.0 Å². The normalized spacial score (nSPS) is 11.0. The average molecular weight is 362 g/mol. The molecule has 0 spiro atoms. The number of benzene rings is 1. The molecular formula is C18H13BClN5O. The van der Waals surface area contributed by atoms with Gasteiger partial charge in [0.1, 0.15) is 13.7 Å². The molecule has 0 saturated heterocycles. The van der Waals surface area contributed by atoms with Crippen LogP contribution in [0.1, 0.15) is 5.56 Å².